The zero-order valence-electron chi connectivity index (χ0n) is 6.46. The van der Waals surface area contributed by atoms with Gasteiger partial charge >= 0.3 is 0 Å². The smallest absolute Gasteiger partial charge is 0.0422 e. The summed E-state index contributed by atoms with van der Waals surface area (Å²) in [4.78, 5) is 4.15. The number of aromatic nitrogens is 1. The normalized spacial score (nSPS) is 9.55. The Morgan fingerprint density at radius 1 is 1.64 bits per heavy atom. The van der Waals surface area contributed by atoms with Gasteiger partial charge in [0.1, 0.15) is 0 Å². The third-order valence-corrected chi connectivity index (χ3v) is 1.48. The molecular formula is C9H12N2. The van der Waals surface area contributed by atoms with Crippen LogP contribution in [-0.4, -0.2) is 11.5 Å². The maximum Gasteiger partial charge on any atom is 0.0422 e. The van der Waals surface area contributed by atoms with Crippen molar-refractivity contribution >= 4 is 6.08 Å². The molecule has 11 heavy (non-hydrogen) atoms. The Labute approximate surface area is 66.8 Å². The van der Waals surface area contributed by atoms with Crippen molar-refractivity contribution in [1.29, 1.82) is 0 Å². The molecule has 0 aliphatic rings. The molecule has 2 N–H and O–H groups in total. The highest BCUT2D eigenvalue weighted by Gasteiger charge is 1.92. The van der Waals surface area contributed by atoms with E-state index in [-0.39, 0.29) is 0 Å². The molecule has 0 amide bonds. The van der Waals surface area contributed by atoms with Crippen molar-refractivity contribution < 1.29 is 0 Å². The predicted octanol–water partition coefficient (Wildman–Crippen LogP) is 1.23. The fourth-order valence-electron chi connectivity index (χ4n) is 0.908. The molecule has 0 fully saturated rings. The Hall–Kier alpha value is -1.15. The maximum atomic E-state index is 5.39. The van der Waals surface area contributed by atoms with E-state index in [4.69, 9.17) is 5.73 Å². The van der Waals surface area contributed by atoms with Crippen molar-refractivity contribution in [2.45, 2.75) is 6.42 Å². The molecule has 0 aliphatic heterocycles. The third-order valence-electron chi connectivity index (χ3n) is 1.48. The van der Waals surface area contributed by atoms with Crippen LogP contribution in [0, 0.1) is 0 Å². The molecule has 58 valence electrons. The first kappa shape index (κ1) is 7.95. The van der Waals surface area contributed by atoms with Gasteiger partial charge in [0.15, 0.2) is 0 Å². The third kappa shape index (κ3) is 2.16. The van der Waals surface area contributed by atoms with Crippen molar-refractivity contribution in [1.82, 2.24) is 4.98 Å². The van der Waals surface area contributed by atoms with Crippen LogP contribution in [0.15, 0.2) is 24.9 Å². The van der Waals surface area contributed by atoms with Crippen molar-refractivity contribution in [3.05, 3.63) is 36.2 Å². The summed E-state index contributed by atoms with van der Waals surface area (Å²) < 4.78 is 0. The maximum absolute atomic E-state index is 5.39. The summed E-state index contributed by atoms with van der Waals surface area (Å²) in [5.41, 5.74) is 7.52. The van der Waals surface area contributed by atoms with E-state index < -0.39 is 0 Å². The lowest BCUT2D eigenvalue weighted by atomic mass is 10.2. The van der Waals surface area contributed by atoms with Gasteiger partial charge in [0, 0.05) is 18.3 Å². The molecule has 2 nitrogen and oxygen atoms in total. The fourth-order valence-corrected chi connectivity index (χ4v) is 0.908. The van der Waals surface area contributed by atoms with Gasteiger partial charge in [0.2, 0.25) is 0 Å². The van der Waals surface area contributed by atoms with E-state index in [1.807, 2.05) is 18.2 Å². The van der Waals surface area contributed by atoms with Crippen LogP contribution in [-0.2, 0) is 6.42 Å². The number of nitrogens with two attached hydrogens (primary N) is 1. The first-order chi connectivity index (χ1) is 5.36. The summed E-state index contributed by atoms with van der Waals surface area (Å²) in [6, 6.07) is 3.92. The minimum absolute atomic E-state index is 0.646. The van der Waals surface area contributed by atoms with Crippen molar-refractivity contribution in [2.24, 2.45) is 5.73 Å². The van der Waals surface area contributed by atoms with Crippen LogP contribution in [0.25, 0.3) is 6.08 Å². The lowest BCUT2D eigenvalue weighted by Gasteiger charge is -1.97. The molecule has 0 saturated heterocycles. The average molecular weight is 148 g/mol. The van der Waals surface area contributed by atoms with Gasteiger partial charge < -0.3 is 5.73 Å². The van der Waals surface area contributed by atoms with E-state index in [0.717, 1.165) is 17.7 Å². The van der Waals surface area contributed by atoms with Gasteiger partial charge in [0.25, 0.3) is 0 Å². The van der Waals surface area contributed by atoms with Crippen LogP contribution in [0.3, 0.4) is 0 Å². The van der Waals surface area contributed by atoms with Crippen LogP contribution < -0.4 is 5.73 Å². The van der Waals surface area contributed by atoms with Gasteiger partial charge in [-0.2, -0.15) is 0 Å². The van der Waals surface area contributed by atoms with E-state index >= 15 is 0 Å². The molecule has 0 radical (unpaired) electrons. The summed E-state index contributed by atoms with van der Waals surface area (Å²) in [7, 11) is 0. The van der Waals surface area contributed by atoms with Gasteiger partial charge in [-0.1, -0.05) is 12.7 Å². The first-order valence-corrected chi connectivity index (χ1v) is 3.64. The minimum Gasteiger partial charge on any atom is -0.330 e. The molecule has 0 saturated carbocycles. The van der Waals surface area contributed by atoms with Crippen LogP contribution in [0.2, 0.25) is 0 Å². The van der Waals surface area contributed by atoms with Gasteiger partial charge in [-0.15, -0.1) is 0 Å². The standard InChI is InChI=1S/C9H12N2/c1-2-8-4-6-11-9(7-8)3-5-10/h2,4,6-7H,1,3,5,10H2. The lowest BCUT2D eigenvalue weighted by molar-refractivity contribution is 0.922. The molecule has 0 bridgehead atoms. The molecular weight excluding hydrogens is 136 g/mol. The van der Waals surface area contributed by atoms with Crippen LogP contribution in [0.4, 0.5) is 0 Å². The van der Waals surface area contributed by atoms with E-state index in [2.05, 4.69) is 11.6 Å². The van der Waals surface area contributed by atoms with Crippen molar-refractivity contribution in [2.75, 3.05) is 6.54 Å². The summed E-state index contributed by atoms with van der Waals surface area (Å²) in [6.07, 6.45) is 4.42. The largest absolute Gasteiger partial charge is 0.330 e. The van der Waals surface area contributed by atoms with Crippen molar-refractivity contribution in [3.8, 4) is 0 Å². The average Bonchev–Trinajstić information content (AvgIpc) is 2.06. The Morgan fingerprint density at radius 3 is 3.09 bits per heavy atom. The fraction of sp³-hybridized carbons (Fsp3) is 0.222. The lowest BCUT2D eigenvalue weighted by Crippen LogP contribution is -2.04. The topological polar surface area (TPSA) is 38.9 Å². The SMILES string of the molecule is C=Cc1ccnc(CCN)c1. The molecule has 1 heterocycles. The van der Waals surface area contributed by atoms with E-state index in [9.17, 15) is 0 Å². The highest BCUT2D eigenvalue weighted by atomic mass is 14.7. The summed E-state index contributed by atoms with van der Waals surface area (Å²) in [5, 5.41) is 0. The molecule has 0 spiro atoms. The highest BCUT2D eigenvalue weighted by molar-refractivity contribution is 5.46. The predicted molar refractivity (Wildman–Crippen MR) is 47.1 cm³/mol. The molecule has 1 aromatic heterocycles. The molecule has 2 heteroatoms. The Bertz CT molecular complexity index is 243. The van der Waals surface area contributed by atoms with E-state index in [0.29, 0.717) is 6.54 Å². The van der Waals surface area contributed by atoms with E-state index in [1.165, 1.54) is 0 Å². The number of hydrogen-bond acceptors (Lipinski definition) is 2. The number of rotatable bonds is 3. The van der Waals surface area contributed by atoms with Gasteiger partial charge in [-0.05, 0) is 24.2 Å². The van der Waals surface area contributed by atoms with E-state index in [1.54, 1.807) is 6.20 Å². The number of nitrogens with zero attached hydrogens (tertiary/aromatic N) is 1. The Balaban J connectivity index is 2.82. The molecule has 0 aliphatic carbocycles. The second kappa shape index (κ2) is 3.88. The monoisotopic (exact) mass is 148 g/mol. The van der Waals surface area contributed by atoms with Gasteiger partial charge in [-0.25, -0.2) is 0 Å². The van der Waals surface area contributed by atoms with Gasteiger partial charge in [-0.3, -0.25) is 4.98 Å². The second-order valence-corrected chi connectivity index (χ2v) is 2.32. The quantitative estimate of drug-likeness (QED) is 0.700. The molecule has 1 aromatic rings. The first-order valence-electron chi connectivity index (χ1n) is 3.64. The van der Waals surface area contributed by atoms with Crippen LogP contribution >= 0.6 is 0 Å². The Kier molecular flexibility index (Phi) is 2.81. The van der Waals surface area contributed by atoms with Crippen molar-refractivity contribution in [3.63, 3.8) is 0 Å². The molecule has 0 aromatic carbocycles. The molecule has 0 atom stereocenters. The van der Waals surface area contributed by atoms with Gasteiger partial charge in [0.05, 0.1) is 0 Å². The number of hydrogen-bond donors (Lipinski definition) is 1. The molecule has 0 unspecified atom stereocenters. The summed E-state index contributed by atoms with van der Waals surface area (Å²) >= 11 is 0. The zero-order valence-corrected chi connectivity index (χ0v) is 6.46. The number of pyridine rings is 1. The summed E-state index contributed by atoms with van der Waals surface area (Å²) in [5.74, 6) is 0. The summed E-state index contributed by atoms with van der Waals surface area (Å²) in [6.45, 7) is 4.32. The highest BCUT2D eigenvalue weighted by Crippen LogP contribution is 2.02. The molecule has 1 rings (SSSR count). The Morgan fingerprint density at radius 2 is 2.45 bits per heavy atom. The van der Waals surface area contributed by atoms with Crippen LogP contribution in [0.1, 0.15) is 11.3 Å². The van der Waals surface area contributed by atoms with Crippen LogP contribution in [0.5, 0.6) is 0 Å². The second-order valence-electron chi connectivity index (χ2n) is 2.32. The zero-order chi connectivity index (χ0) is 8.10. The minimum atomic E-state index is 0.646.